The Morgan fingerprint density at radius 3 is 2.58 bits per heavy atom. The van der Waals surface area contributed by atoms with Crippen molar-refractivity contribution in [3.8, 4) is 11.4 Å². The van der Waals surface area contributed by atoms with Gasteiger partial charge in [0.25, 0.3) is 0 Å². The van der Waals surface area contributed by atoms with E-state index < -0.39 is 0 Å². The summed E-state index contributed by atoms with van der Waals surface area (Å²) in [6, 6.07) is 18.5. The first-order valence-corrected chi connectivity index (χ1v) is 8.66. The van der Waals surface area contributed by atoms with Crippen LogP contribution in [0.2, 0.25) is 5.02 Å². The highest BCUT2D eigenvalue weighted by Crippen LogP contribution is 2.27. The van der Waals surface area contributed by atoms with Gasteiger partial charge in [-0.05, 0) is 11.6 Å². The van der Waals surface area contributed by atoms with Gasteiger partial charge in [0.15, 0.2) is 0 Å². The van der Waals surface area contributed by atoms with Crippen molar-refractivity contribution in [1.82, 2.24) is 14.5 Å². The molecule has 24 heavy (non-hydrogen) atoms. The maximum Gasteiger partial charge on any atom is 0.140 e. The normalized spacial score (nSPS) is 14.6. The highest BCUT2D eigenvalue weighted by molar-refractivity contribution is 6.31. The predicted molar refractivity (Wildman–Crippen MR) is 97.9 cm³/mol. The van der Waals surface area contributed by atoms with Gasteiger partial charge in [-0.3, -0.25) is 4.90 Å². The van der Waals surface area contributed by atoms with Crippen LogP contribution in [0.3, 0.4) is 0 Å². The first-order chi connectivity index (χ1) is 11.7. The minimum atomic E-state index is 0.846. The molecule has 0 saturated carbocycles. The predicted octanol–water partition coefficient (Wildman–Crippen LogP) is 4.30. The van der Waals surface area contributed by atoms with E-state index in [1.165, 1.54) is 22.5 Å². The van der Waals surface area contributed by atoms with Crippen LogP contribution in [-0.2, 0) is 26.6 Å². The lowest BCUT2D eigenvalue weighted by atomic mass is 10.1. The minimum Gasteiger partial charge on any atom is -0.330 e. The molecule has 2 heterocycles. The topological polar surface area (TPSA) is 21.1 Å². The molecule has 0 radical (unpaired) electrons. The minimum absolute atomic E-state index is 0.846. The van der Waals surface area contributed by atoms with Crippen LogP contribution in [-0.4, -0.2) is 21.0 Å². The monoisotopic (exact) mass is 337 g/mol. The van der Waals surface area contributed by atoms with E-state index in [0.717, 1.165) is 36.9 Å². The largest absolute Gasteiger partial charge is 0.330 e. The number of hydrogen-bond donors (Lipinski definition) is 0. The van der Waals surface area contributed by atoms with Gasteiger partial charge in [-0.25, -0.2) is 4.98 Å². The fourth-order valence-corrected chi connectivity index (χ4v) is 3.58. The third-order valence-corrected chi connectivity index (χ3v) is 5.09. The molecule has 1 aliphatic heterocycles. The summed E-state index contributed by atoms with van der Waals surface area (Å²) in [5.74, 6) is 1.06. The van der Waals surface area contributed by atoms with Crippen molar-refractivity contribution >= 4 is 11.6 Å². The van der Waals surface area contributed by atoms with Crippen LogP contribution in [0.1, 0.15) is 17.0 Å². The highest BCUT2D eigenvalue weighted by atomic mass is 35.5. The first kappa shape index (κ1) is 15.4. The molecular formula is C20H20ClN3. The second-order valence-electron chi connectivity index (χ2n) is 6.31. The zero-order valence-corrected chi connectivity index (χ0v) is 14.5. The Balaban J connectivity index is 1.59. The van der Waals surface area contributed by atoms with Crippen molar-refractivity contribution in [2.75, 3.05) is 6.54 Å². The lowest BCUT2D eigenvalue weighted by molar-refractivity contribution is 0.238. The van der Waals surface area contributed by atoms with Crippen LogP contribution in [0.5, 0.6) is 0 Å². The van der Waals surface area contributed by atoms with Crippen LogP contribution < -0.4 is 0 Å². The van der Waals surface area contributed by atoms with E-state index in [4.69, 9.17) is 16.6 Å². The Labute approximate surface area is 147 Å². The van der Waals surface area contributed by atoms with E-state index in [1.807, 2.05) is 24.3 Å². The maximum absolute atomic E-state index is 6.31. The number of rotatable bonds is 3. The van der Waals surface area contributed by atoms with E-state index in [9.17, 15) is 0 Å². The number of nitrogens with zero attached hydrogens (tertiary/aromatic N) is 3. The van der Waals surface area contributed by atoms with E-state index in [0.29, 0.717) is 0 Å². The molecule has 0 aliphatic carbocycles. The Morgan fingerprint density at radius 1 is 1.04 bits per heavy atom. The van der Waals surface area contributed by atoms with Crippen LogP contribution in [0.25, 0.3) is 11.4 Å². The number of benzene rings is 2. The molecule has 0 fully saturated rings. The molecular weight excluding hydrogens is 318 g/mol. The third kappa shape index (κ3) is 2.85. The van der Waals surface area contributed by atoms with Gasteiger partial charge in [0.2, 0.25) is 0 Å². The average molecular weight is 338 g/mol. The van der Waals surface area contributed by atoms with Gasteiger partial charge in [-0.2, -0.15) is 0 Å². The second kappa shape index (κ2) is 6.42. The van der Waals surface area contributed by atoms with Gasteiger partial charge >= 0.3 is 0 Å². The quantitative estimate of drug-likeness (QED) is 0.710. The summed E-state index contributed by atoms with van der Waals surface area (Å²) in [5.41, 5.74) is 4.90. The van der Waals surface area contributed by atoms with Crippen molar-refractivity contribution < 1.29 is 0 Å². The van der Waals surface area contributed by atoms with Gasteiger partial charge < -0.3 is 4.57 Å². The molecule has 0 N–H and O–H groups in total. The molecule has 2 aromatic carbocycles. The lowest BCUT2D eigenvalue weighted by Crippen LogP contribution is -2.31. The molecule has 0 amide bonds. The van der Waals surface area contributed by atoms with Crippen molar-refractivity contribution in [2.24, 2.45) is 7.05 Å². The zero-order valence-electron chi connectivity index (χ0n) is 13.7. The average Bonchev–Trinajstić information content (AvgIpc) is 2.94. The molecule has 3 aromatic rings. The lowest BCUT2D eigenvalue weighted by Gasteiger charge is -2.27. The van der Waals surface area contributed by atoms with Crippen molar-refractivity contribution in [1.29, 1.82) is 0 Å². The summed E-state index contributed by atoms with van der Waals surface area (Å²) in [6.07, 6.45) is 0.987. The molecule has 0 saturated heterocycles. The van der Waals surface area contributed by atoms with Gasteiger partial charge in [0, 0.05) is 43.7 Å². The van der Waals surface area contributed by atoms with Crippen LogP contribution in [0.4, 0.5) is 0 Å². The molecule has 122 valence electrons. The highest BCUT2D eigenvalue weighted by Gasteiger charge is 2.23. The molecule has 0 atom stereocenters. The van der Waals surface area contributed by atoms with E-state index in [-0.39, 0.29) is 0 Å². The van der Waals surface area contributed by atoms with Crippen molar-refractivity contribution in [2.45, 2.75) is 19.5 Å². The number of hydrogen-bond acceptors (Lipinski definition) is 2. The number of halogens is 1. The standard InChI is InChI=1S/C20H20ClN3/c1-23-19-14-24(13-16-9-5-6-10-17(16)21)12-11-18(19)22-20(23)15-7-3-2-4-8-15/h2-10H,11-14H2,1H3. The molecule has 1 aromatic heterocycles. The van der Waals surface area contributed by atoms with Gasteiger partial charge in [-0.1, -0.05) is 60.1 Å². The molecule has 0 bridgehead atoms. The zero-order chi connectivity index (χ0) is 16.5. The van der Waals surface area contributed by atoms with Crippen molar-refractivity contribution in [3.63, 3.8) is 0 Å². The van der Waals surface area contributed by atoms with E-state index >= 15 is 0 Å². The summed E-state index contributed by atoms with van der Waals surface area (Å²) in [4.78, 5) is 7.33. The summed E-state index contributed by atoms with van der Waals surface area (Å²) >= 11 is 6.31. The summed E-state index contributed by atoms with van der Waals surface area (Å²) in [7, 11) is 2.12. The maximum atomic E-state index is 6.31. The Hall–Kier alpha value is -2.10. The summed E-state index contributed by atoms with van der Waals surface area (Å²) in [5, 5.41) is 0.846. The molecule has 0 spiro atoms. The first-order valence-electron chi connectivity index (χ1n) is 8.28. The number of imidazole rings is 1. The fraction of sp³-hybridized carbons (Fsp3) is 0.250. The molecule has 1 aliphatic rings. The van der Waals surface area contributed by atoms with Crippen LogP contribution in [0.15, 0.2) is 54.6 Å². The smallest absolute Gasteiger partial charge is 0.140 e. The van der Waals surface area contributed by atoms with Gasteiger partial charge in [0.1, 0.15) is 5.82 Å². The van der Waals surface area contributed by atoms with Gasteiger partial charge in [-0.15, -0.1) is 0 Å². The van der Waals surface area contributed by atoms with Crippen LogP contribution >= 0.6 is 11.6 Å². The molecule has 3 nitrogen and oxygen atoms in total. The molecule has 4 rings (SSSR count). The third-order valence-electron chi connectivity index (χ3n) is 4.72. The summed E-state index contributed by atoms with van der Waals surface area (Å²) < 4.78 is 2.24. The number of fused-ring (bicyclic) bond motifs is 1. The Bertz CT molecular complexity index is 855. The van der Waals surface area contributed by atoms with Gasteiger partial charge in [0.05, 0.1) is 11.4 Å². The SMILES string of the molecule is Cn1c(-c2ccccc2)nc2c1CN(Cc1ccccc1Cl)CC2. The molecule has 4 heteroatoms. The fourth-order valence-electron chi connectivity index (χ4n) is 3.39. The molecule has 0 unspecified atom stereocenters. The van der Waals surface area contributed by atoms with Crippen molar-refractivity contribution in [3.05, 3.63) is 76.6 Å². The van der Waals surface area contributed by atoms with E-state index in [1.54, 1.807) is 0 Å². The second-order valence-corrected chi connectivity index (χ2v) is 6.71. The Morgan fingerprint density at radius 2 is 1.79 bits per heavy atom. The van der Waals surface area contributed by atoms with E-state index in [2.05, 4.69) is 46.8 Å². The number of aromatic nitrogens is 2. The summed E-state index contributed by atoms with van der Waals surface area (Å²) in [6.45, 7) is 2.81. The van der Waals surface area contributed by atoms with Crippen LogP contribution in [0, 0.1) is 0 Å². The Kier molecular flexibility index (Phi) is 4.13.